The zero-order valence-electron chi connectivity index (χ0n) is 13.9. The van der Waals surface area contributed by atoms with Crippen LogP contribution in [0.2, 0.25) is 10.0 Å². The van der Waals surface area contributed by atoms with E-state index >= 15 is 0 Å². The molecule has 0 bridgehead atoms. The predicted molar refractivity (Wildman–Crippen MR) is 109 cm³/mol. The van der Waals surface area contributed by atoms with Crippen molar-refractivity contribution in [1.82, 2.24) is 4.98 Å². The summed E-state index contributed by atoms with van der Waals surface area (Å²) in [6.45, 7) is 2.56. The lowest BCUT2D eigenvalue weighted by atomic mass is 10.1. The number of benzene rings is 2. The molecule has 0 aliphatic heterocycles. The number of aromatic nitrogens is 1. The van der Waals surface area contributed by atoms with Crippen molar-refractivity contribution in [1.29, 1.82) is 5.26 Å². The van der Waals surface area contributed by atoms with Gasteiger partial charge in [-0.05, 0) is 48.9 Å². The van der Waals surface area contributed by atoms with Crippen molar-refractivity contribution in [2.24, 2.45) is 0 Å². The summed E-state index contributed by atoms with van der Waals surface area (Å²) in [5.74, 6) is 0.803. The van der Waals surface area contributed by atoms with Crippen LogP contribution in [0.15, 0.2) is 47.8 Å². The minimum absolute atomic E-state index is 0.496. The Morgan fingerprint density at radius 2 is 2.00 bits per heavy atom. The number of ether oxygens (including phenoxy) is 1. The Morgan fingerprint density at radius 1 is 1.23 bits per heavy atom. The number of nitriles is 1. The minimum atomic E-state index is 0.496. The summed E-state index contributed by atoms with van der Waals surface area (Å²) >= 11 is 13.6. The van der Waals surface area contributed by atoms with E-state index in [0.717, 1.165) is 22.6 Å². The molecule has 26 heavy (non-hydrogen) atoms. The second kappa shape index (κ2) is 8.37. The van der Waals surface area contributed by atoms with Gasteiger partial charge in [0, 0.05) is 16.0 Å². The number of nitrogens with zero attached hydrogens (tertiary/aromatic N) is 2. The molecule has 0 N–H and O–H groups in total. The highest BCUT2D eigenvalue weighted by atomic mass is 35.5. The lowest BCUT2D eigenvalue weighted by molar-refractivity contribution is 0.340. The summed E-state index contributed by atoms with van der Waals surface area (Å²) in [6, 6.07) is 15.1. The number of halogens is 2. The van der Waals surface area contributed by atoms with Crippen LogP contribution < -0.4 is 4.74 Å². The van der Waals surface area contributed by atoms with Crippen LogP contribution in [-0.4, -0.2) is 11.6 Å². The van der Waals surface area contributed by atoms with E-state index in [9.17, 15) is 5.26 Å². The average Bonchev–Trinajstić information content (AvgIpc) is 3.11. The van der Waals surface area contributed by atoms with Gasteiger partial charge in [0.1, 0.15) is 16.8 Å². The van der Waals surface area contributed by atoms with Crippen molar-refractivity contribution in [2.45, 2.75) is 6.92 Å². The summed E-state index contributed by atoms with van der Waals surface area (Å²) in [6.07, 6.45) is 1.81. The molecule has 3 nitrogen and oxygen atoms in total. The Morgan fingerprint density at radius 3 is 2.65 bits per heavy atom. The van der Waals surface area contributed by atoms with Gasteiger partial charge < -0.3 is 4.74 Å². The summed E-state index contributed by atoms with van der Waals surface area (Å²) in [4.78, 5) is 4.56. The normalized spacial score (nSPS) is 11.2. The second-order valence-corrected chi connectivity index (χ2v) is 7.04. The fraction of sp³-hybridized carbons (Fsp3) is 0.100. The number of hydrogen-bond donors (Lipinski definition) is 0. The summed E-state index contributed by atoms with van der Waals surface area (Å²) in [5.41, 5.74) is 2.92. The molecule has 2 aromatic carbocycles. The van der Waals surface area contributed by atoms with Crippen LogP contribution in [0, 0.1) is 11.3 Å². The zero-order valence-corrected chi connectivity index (χ0v) is 16.2. The molecule has 0 saturated carbocycles. The molecule has 0 atom stereocenters. The van der Waals surface area contributed by atoms with E-state index in [1.807, 2.05) is 48.7 Å². The number of thiazole rings is 1. The number of allylic oxidation sites excluding steroid dienone is 1. The van der Waals surface area contributed by atoms with Crippen molar-refractivity contribution in [3.63, 3.8) is 0 Å². The quantitative estimate of drug-likeness (QED) is 0.454. The van der Waals surface area contributed by atoms with E-state index in [-0.39, 0.29) is 0 Å². The first-order valence-corrected chi connectivity index (χ1v) is 9.50. The molecular weight excluding hydrogens is 387 g/mol. The first kappa shape index (κ1) is 18.5. The maximum atomic E-state index is 9.53. The third kappa shape index (κ3) is 4.25. The largest absolute Gasteiger partial charge is 0.494 e. The Kier molecular flexibility index (Phi) is 5.95. The molecule has 3 aromatic rings. The highest BCUT2D eigenvalue weighted by Crippen LogP contribution is 2.33. The van der Waals surface area contributed by atoms with Crippen molar-refractivity contribution >= 4 is 46.2 Å². The Labute approximate surface area is 166 Å². The van der Waals surface area contributed by atoms with Crippen LogP contribution in [0.25, 0.3) is 22.9 Å². The third-order valence-electron chi connectivity index (χ3n) is 3.56. The van der Waals surface area contributed by atoms with Crippen molar-refractivity contribution < 1.29 is 4.74 Å². The second-order valence-electron chi connectivity index (χ2n) is 5.33. The van der Waals surface area contributed by atoms with Gasteiger partial charge in [0.2, 0.25) is 0 Å². The van der Waals surface area contributed by atoms with Gasteiger partial charge in [-0.2, -0.15) is 5.26 Å². The summed E-state index contributed by atoms with van der Waals surface area (Å²) in [5, 5.41) is 13.2. The molecule has 0 radical (unpaired) electrons. The Hall–Kier alpha value is -2.32. The molecule has 0 aliphatic carbocycles. The molecule has 1 heterocycles. The lowest BCUT2D eigenvalue weighted by Gasteiger charge is -2.03. The van der Waals surface area contributed by atoms with Crippen LogP contribution in [0.4, 0.5) is 0 Å². The van der Waals surface area contributed by atoms with Gasteiger partial charge >= 0.3 is 0 Å². The van der Waals surface area contributed by atoms with Crippen LogP contribution >= 0.6 is 34.5 Å². The third-order valence-corrected chi connectivity index (χ3v) is 4.99. The maximum absolute atomic E-state index is 9.53. The fourth-order valence-corrected chi connectivity index (χ4v) is 3.64. The van der Waals surface area contributed by atoms with E-state index < -0.39 is 0 Å². The number of hydrogen-bond acceptors (Lipinski definition) is 4. The van der Waals surface area contributed by atoms with Gasteiger partial charge in [-0.25, -0.2) is 4.98 Å². The molecule has 6 heteroatoms. The molecule has 130 valence electrons. The van der Waals surface area contributed by atoms with Gasteiger partial charge in [-0.1, -0.05) is 35.3 Å². The van der Waals surface area contributed by atoms with Gasteiger partial charge in [-0.3, -0.25) is 0 Å². The van der Waals surface area contributed by atoms with E-state index in [1.54, 1.807) is 12.1 Å². The first-order chi connectivity index (χ1) is 12.6. The smallest absolute Gasteiger partial charge is 0.134 e. The van der Waals surface area contributed by atoms with Crippen molar-refractivity contribution in [3.8, 4) is 23.1 Å². The average molecular weight is 401 g/mol. The predicted octanol–water partition coefficient (Wildman–Crippen LogP) is 6.58. The molecule has 0 unspecified atom stereocenters. The van der Waals surface area contributed by atoms with Gasteiger partial charge in [-0.15, -0.1) is 11.3 Å². The lowest BCUT2D eigenvalue weighted by Crippen LogP contribution is -1.90. The van der Waals surface area contributed by atoms with E-state index in [4.69, 9.17) is 27.9 Å². The Balaban J connectivity index is 1.89. The van der Waals surface area contributed by atoms with Crippen LogP contribution in [-0.2, 0) is 0 Å². The topological polar surface area (TPSA) is 45.9 Å². The van der Waals surface area contributed by atoms with Gasteiger partial charge in [0.15, 0.2) is 0 Å². The summed E-state index contributed by atoms with van der Waals surface area (Å²) in [7, 11) is 0. The van der Waals surface area contributed by atoms with Gasteiger partial charge in [0.25, 0.3) is 0 Å². The fourth-order valence-electron chi connectivity index (χ4n) is 2.35. The number of rotatable bonds is 5. The van der Waals surface area contributed by atoms with Crippen molar-refractivity contribution in [3.05, 3.63) is 68.5 Å². The first-order valence-electron chi connectivity index (χ1n) is 7.86. The Bertz CT molecular complexity index is 988. The minimum Gasteiger partial charge on any atom is -0.494 e. The van der Waals surface area contributed by atoms with Gasteiger partial charge in [0.05, 0.1) is 22.9 Å². The standard InChI is InChI=1S/C20H14Cl2N2OS/c1-2-25-16-6-3-13(4-7-16)9-14(11-23)20-24-19(12-26-20)17-8-5-15(21)10-18(17)22/h3-10,12H,2H2,1H3/b14-9+. The zero-order chi connectivity index (χ0) is 18.5. The van der Waals surface area contributed by atoms with E-state index in [0.29, 0.717) is 27.2 Å². The van der Waals surface area contributed by atoms with Crippen LogP contribution in [0.1, 0.15) is 17.5 Å². The van der Waals surface area contributed by atoms with E-state index in [1.165, 1.54) is 11.3 Å². The molecule has 0 fully saturated rings. The molecule has 0 spiro atoms. The van der Waals surface area contributed by atoms with E-state index in [2.05, 4.69) is 11.1 Å². The summed E-state index contributed by atoms with van der Waals surface area (Å²) < 4.78 is 5.43. The molecule has 0 aliphatic rings. The molecule has 0 saturated heterocycles. The monoisotopic (exact) mass is 400 g/mol. The molecule has 0 amide bonds. The molecule has 3 rings (SSSR count). The van der Waals surface area contributed by atoms with Crippen molar-refractivity contribution in [2.75, 3.05) is 6.61 Å². The highest BCUT2D eigenvalue weighted by Gasteiger charge is 2.12. The van der Waals surface area contributed by atoms with Crippen LogP contribution in [0.5, 0.6) is 5.75 Å². The molecule has 1 aromatic heterocycles. The highest BCUT2D eigenvalue weighted by molar-refractivity contribution is 7.11. The SMILES string of the molecule is CCOc1ccc(/C=C(\C#N)c2nc(-c3ccc(Cl)cc3Cl)cs2)cc1. The van der Waals surface area contributed by atoms with Crippen LogP contribution in [0.3, 0.4) is 0 Å². The molecular formula is C20H14Cl2N2OS. The maximum Gasteiger partial charge on any atom is 0.134 e.